The van der Waals surface area contributed by atoms with Crippen LogP contribution in [0.3, 0.4) is 0 Å². The van der Waals surface area contributed by atoms with Crippen molar-refractivity contribution in [2.75, 3.05) is 0 Å². The number of nitrogens with zero attached hydrogens (tertiary/aromatic N) is 1. The van der Waals surface area contributed by atoms with Gasteiger partial charge in [0, 0.05) is 30.4 Å². The number of rotatable bonds is 7. The number of benzene rings is 4. The number of hydrogen-bond donors (Lipinski definition) is 2. The van der Waals surface area contributed by atoms with Gasteiger partial charge in [0.15, 0.2) is 4.87 Å². The Balaban J connectivity index is 1.39. The quantitative estimate of drug-likeness (QED) is 0.248. The molecule has 42 heavy (non-hydrogen) atoms. The van der Waals surface area contributed by atoms with Crippen molar-refractivity contribution in [1.82, 2.24) is 10.3 Å². The molecular formula is C32H23ClFN3O4S. The average molecular weight is 600 g/mol. The van der Waals surface area contributed by atoms with Gasteiger partial charge in [0.25, 0.3) is 5.91 Å². The summed E-state index contributed by atoms with van der Waals surface area (Å²) < 4.78 is 43.7. The monoisotopic (exact) mass is 599 g/mol. The van der Waals surface area contributed by atoms with Crippen molar-refractivity contribution >= 4 is 55.2 Å². The van der Waals surface area contributed by atoms with Gasteiger partial charge < -0.3 is 10.3 Å². The first-order valence-electron chi connectivity index (χ1n) is 13.0. The molecule has 1 aromatic heterocycles. The normalized spacial score (nSPS) is 16.3. The Bertz CT molecular complexity index is 2090. The predicted molar refractivity (Wildman–Crippen MR) is 162 cm³/mol. The smallest absolute Gasteiger partial charge is 0.257 e. The van der Waals surface area contributed by atoms with Gasteiger partial charge in [-0.25, -0.2) is 12.8 Å². The van der Waals surface area contributed by atoms with Crippen LogP contribution in [0.15, 0.2) is 112 Å². The summed E-state index contributed by atoms with van der Waals surface area (Å²) in [5.41, 5.74) is 0.212. The zero-order valence-electron chi connectivity index (χ0n) is 22.0. The lowest BCUT2D eigenvalue weighted by atomic mass is 9.99. The van der Waals surface area contributed by atoms with Gasteiger partial charge in [0.05, 0.1) is 15.8 Å². The Kier molecular flexibility index (Phi) is 7.00. The molecule has 6 rings (SSSR count). The molecule has 0 aliphatic carbocycles. The molecule has 0 saturated heterocycles. The first kappa shape index (κ1) is 27.6. The van der Waals surface area contributed by atoms with Gasteiger partial charge in [-0.15, -0.1) is 0 Å². The van der Waals surface area contributed by atoms with E-state index >= 15 is 4.39 Å². The number of allylic oxidation sites excluding steroid dienone is 1. The number of halogens is 2. The van der Waals surface area contributed by atoms with Crippen molar-refractivity contribution in [2.45, 2.75) is 22.7 Å². The lowest BCUT2D eigenvalue weighted by Gasteiger charge is -2.25. The highest BCUT2D eigenvalue weighted by atomic mass is 35.5. The maximum Gasteiger partial charge on any atom is 0.257 e. The molecule has 210 valence electrons. The third kappa shape index (κ3) is 4.80. The van der Waals surface area contributed by atoms with E-state index in [1.165, 1.54) is 18.4 Å². The minimum atomic E-state index is -4.37. The number of aromatic nitrogens is 1. The van der Waals surface area contributed by atoms with Crippen molar-refractivity contribution in [3.8, 4) is 0 Å². The SMILES string of the molecule is O=C(NCc1ccc(Cl)cc1)c1c[nH]c2c(F)cc(S(=O)(=O)C3(Cc4cccc5ccccc45)C=CC=N3)cc2c1=O. The number of nitrogens with one attached hydrogen (secondary N) is 2. The van der Waals surface area contributed by atoms with E-state index in [4.69, 9.17) is 11.6 Å². The molecule has 2 N–H and O–H groups in total. The maximum absolute atomic E-state index is 15.3. The van der Waals surface area contributed by atoms with E-state index in [0.717, 1.165) is 40.2 Å². The number of carbonyl (C=O) groups excluding carboxylic acids is 1. The first-order valence-corrected chi connectivity index (χ1v) is 14.9. The van der Waals surface area contributed by atoms with E-state index in [0.29, 0.717) is 5.02 Å². The molecule has 1 unspecified atom stereocenters. The summed E-state index contributed by atoms with van der Waals surface area (Å²) >= 11 is 5.90. The Morgan fingerprint density at radius 2 is 1.76 bits per heavy atom. The second kappa shape index (κ2) is 10.7. The summed E-state index contributed by atoms with van der Waals surface area (Å²) in [6, 6.07) is 22.0. The van der Waals surface area contributed by atoms with Crippen LogP contribution in [0.2, 0.25) is 5.02 Å². The molecule has 1 aliphatic heterocycles. The fourth-order valence-electron chi connectivity index (χ4n) is 5.15. The van der Waals surface area contributed by atoms with Gasteiger partial charge in [-0.2, -0.15) is 0 Å². The Morgan fingerprint density at radius 3 is 2.52 bits per heavy atom. The van der Waals surface area contributed by atoms with E-state index in [2.05, 4.69) is 15.3 Å². The van der Waals surface area contributed by atoms with Crippen molar-refractivity contribution < 1.29 is 17.6 Å². The number of H-pyrrole nitrogens is 1. The third-order valence-electron chi connectivity index (χ3n) is 7.36. The van der Waals surface area contributed by atoms with E-state index < -0.39 is 36.8 Å². The number of amides is 1. The number of carbonyl (C=O) groups is 1. The number of fused-ring (bicyclic) bond motifs is 2. The van der Waals surface area contributed by atoms with Crippen LogP contribution in [0.4, 0.5) is 4.39 Å². The number of aliphatic imine (C=N–C) groups is 1. The number of hydrogen-bond acceptors (Lipinski definition) is 5. The van der Waals surface area contributed by atoms with E-state index in [1.807, 2.05) is 42.5 Å². The van der Waals surface area contributed by atoms with Crippen molar-refractivity contribution in [3.05, 3.63) is 135 Å². The van der Waals surface area contributed by atoms with Gasteiger partial charge in [-0.3, -0.25) is 14.6 Å². The first-order chi connectivity index (χ1) is 20.2. The van der Waals surface area contributed by atoms with E-state index in [-0.39, 0.29) is 29.4 Å². The van der Waals surface area contributed by atoms with E-state index in [1.54, 1.807) is 24.3 Å². The molecular weight excluding hydrogens is 577 g/mol. The molecule has 1 aliphatic rings. The zero-order valence-corrected chi connectivity index (χ0v) is 23.5. The Hall–Kier alpha value is -4.60. The fraction of sp³-hybridized carbons (Fsp3) is 0.0938. The van der Waals surface area contributed by atoms with Gasteiger partial charge >= 0.3 is 0 Å². The van der Waals surface area contributed by atoms with Crippen LogP contribution in [0, 0.1) is 5.82 Å². The van der Waals surface area contributed by atoms with Crippen LogP contribution in [-0.2, 0) is 22.8 Å². The Labute approximate surface area is 245 Å². The van der Waals surface area contributed by atoms with E-state index in [9.17, 15) is 18.0 Å². The molecule has 2 heterocycles. The average Bonchev–Trinajstić information content (AvgIpc) is 3.48. The van der Waals surface area contributed by atoms with Crippen LogP contribution < -0.4 is 10.7 Å². The second-order valence-electron chi connectivity index (χ2n) is 9.97. The third-order valence-corrected chi connectivity index (χ3v) is 9.78. The molecule has 0 radical (unpaired) electrons. The molecule has 1 atom stereocenters. The summed E-state index contributed by atoms with van der Waals surface area (Å²) in [4.78, 5) is 31.1. The molecule has 10 heteroatoms. The van der Waals surface area contributed by atoms with Crippen LogP contribution in [-0.4, -0.2) is 30.4 Å². The van der Waals surface area contributed by atoms with Crippen molar-refractivity contribution in [1.29, 1.82) is 0 Å². The highest BCUT2D eigenvalue weighted by Gasteiger charge is 2.44. The second-order valence-corrected chi connectivity index (χ2v) is 12.6. The summed E-state index contributed by atoms with van der Waals surface area (Å²) in [5.74, 6) is -1.64. The van der Waals surface area contributed by atoms with Gasteiger partial charge in [-0.05, 0) is 58.3 Å². The van der Waals surface area contributed by atoms with Gasteiger partial charge in [0.1, 0.15) is 11.4 Å². The van der Waals surface area contributed by atoms with Crippen molar-refractivity contribution in [3.63, 3.8) is 0 Å². The van der Waals surface area contributed by atoms with Crippen LogP contribution in [0.5, 0.6) is 0 Å². The van der Waals surface area contributed by atoms with Crippen LogP contribution in [0.25, 0.3) is 21.7 Å². The zero-order chi connectivity index (χ0) is 29.5. The van der Waals surface area contributed by atoms with Gasteiger partial charge in [-0.1, -0.05) is 66.2 Å². The number of aromatic amines is 1. The summed E-state index contributed by atoms with van der Waals surface area (Å²) in [6.07, 6.45) is 5.51. The highest BCUT2D eigenvalue weighted by molar-refractivity contribution is 7.93. The summed E-state index contributed by atoms with van der Waals surface area (Å²) in [6.45, 7) is 0.122. The maximum atomic E-state index is 15.3. The molecule has 0 spiro atoms. The standard InChI is InChI=1S/C32H23ClFN3O4S/c33-23-11-9-20(10-12-23)18-36-31(39)27-19-35-29-26(30(27)38)15-24(16-28(29)34)42(40,41)32(13-4-14-37-32)17-22-7-3-6-21-5-1-2-8-25(21)22/h1-16,19H,17-18H2,(H,35,38)(H,36,39). The molecule has 5 aromatic rings. The lowest BCUT2D eigenvalue weighted by molar-refractivity contribution is 0.0949. The molecule has 0 bridgehead atoms. The largest absolute Gasteiger partial charge is 0.358 e. The molecule has 1 amide bonds. The lowest BCUT2D eigenvalue weighted by Crippen LogP contribution is -2.36. The molecule has 4 aromatic carbocycles. The van der Waals surface area contributed by atoms with Crippen molar-refractivity contribution in [2.24, 2.45) is 4.99 Å². The topological polar surface area (TPSA) is 108 Å². The van der Waals surface area contributed by atoms with Crippen LogP contribution >= 0.6 is 11.6 Å². The molecule has 0 saturated carbocycles. The van der Waals surface area contributed by atoms with Crippen LogP contribution in [0.1, 0.15) is 21.5 Å². The predicted octanol–water partition coefficient (Wildman–Crippen LogP) is 5.76. The minimum absolute atomic E-state index is 0.00710. The number of sulfone groups is 1. The number of pyridine rings is 1. The molecule has 7 nitrogen and oxygen atoms in total. The fourth-order valence-corrected chi connectivity index (χ4v) is 7.02. The summed E-state index contributed by atoms with van der Waals surface area (Å²) in [5, 5.41) is 4.75. The highest BCUT2D eigenvalue weighted by Crippen LogP contribution is 2.37. The minimum Gasteiger partial charge on any atom is -0.358 e. The molecule has 0 fully saturated rings. The van der Waals surface area contributed by atoms with Gasteiger partial charge in [0.2, 0.25) is 15.3 Å². The summed E-state index contributed by atoms with van der Waals surface area (Å²) in [7, 11) is -4.37. The Morgan fingerprint density at radius 1 is 1.00 bits per heavy atom.